The molecule has 2 saturated carbocycles. The van der Waals surface area contributed by atoms with Gasteiger partial charge in [-0.05, 0) is 58.9 Å². The van der Waals surface area contributed by atoms with E-state index in [9.17, 15) is 0 Å². The van der Waals surface area contributed by atoms with Crippen molar-refractivity contribution in [1.29, 1.82) is 0 Å². The summed E-state index contributed by atoms with van der Waals surface area (Å²) in [5, 5.41) is 3.62. The Balaban J connectivity index is 1.54. The standard InChI is InChI=1S/C12H23NO/c1-12(2,3)14-11-6-10(7-11)13-8-9-4-5-9/h9-11,13H,4-8H2,1-3H3. The van der Waals surface area contributed by atoms with Crippen LogP contribution < -0.4 is 5.32 Å². The average Bonchev–Trinajstić information content (AvgIpc) is 2.74. The molecule has 2 rings (SSSR count). The smallest absolute Gasteiger partial charge is 0.0612 e. The van der Waals surface area contributed by atoms with E-state index in [1.165, 1.54) is 32.2 Å². The van der Waals surface area contributed by atoms with Crippen molar-refractivity contribution in [2.75, 3.05) is 6.54 Å². The number of hydrogen-bond acceptors (Lipinski definition) is 2. The lowest BCUT2D eigenvalue weighted by Crippen LogP contribution is -2.48. The van der Waals surface area contributed by atoms with Crippen LogP contribution in [0.4, 0.5) is 0 Å². The van der Waals surface area contributed by atoms with Gasteiger partial charge in [-0.1, -0.05) is 0 Å². The van der Waals surface area contributed by atoms with E-state index in [1.54, 1.807) is 0 Å². The Kier molecular flexibility index (Phi) is 2.85. The van der Waals surface area contributed by atoms with Crippen LogP contribution in [-0.2, 0) is 4.74 Å². The highest BCUT2D eigenvalue weighted by molar-refractivity contribution is 4.89. The predicted octanol–water partition coefficient (Wildman–Crippen LogP) is 2.33. The third-order valence-corrected chi connectivity index (χ3v) is 3.01. The van der Waals surface area contributed by atoms with Gasteiger partial charge in [-0.2, -0.15) is 0 Å². The Morgan fingerprint density at radius 2 is 1.86 bits per heavy atom. The van der Waals surface area contributed by atoms with Crippen molar-refractivity contribution in [1.82, 2.24) is 5.32 Å². The molecule has 1 N–H and O–H groups in total. The van der Waals surface area contributed by atoms with Gasteiger partial charge in [-0.15, -0.1) is 0 Å². The Labute approximate surface area is 87.4 Å². The van der Waals surface area contributed by atoms with Gasteiger partial charge < -0.3 is 10.1 Å². The molecule has 0 saturated heterocycles. The highest BCUT2D eigenvalue weighted by Gasteiger charge is 2.33. The fraction of sp³-hybridized carbons (Fsp3) is 1.00. The lowest BCUT2D eigenvalue weighted by Gasteiger charge is -2.39. The fourth-order valence-electron chi connectivity index (χ4n) is 1.98. The van der Waals surface area contributed by atoms with E-state index in [-0.39, 0.29) is 5.60 Å². The molecule has 2 heteroatoms. The van der Waals surface area contributed by atoms with Crippen LogP contribution in [0.2, 0.25) is 0 Å². The minimum atomic E-state index is 0.0339. The van der Waals surface area contributed by atoms with Gasteiger partial charge in [-0.25, -0.2) is 0 Å². The molecule has 0 atom stereocenters. The molecule has 0 aromatic heterocycles. The fourth-order valence-corrected chi connectivity index (χ4v) is 1.98. The molecule has 14 heavy (non-hydrogen) atoms. The van der Waals surface area contributed by atoms with Crippen molar-refractivity contribution in [3.05, 3.63) is 0 Å². The first-order valence-corrected chi connectivity index (χ1v) is 5.94. The van der Waals surface area contributed by atoms with Crippen molar-refractivity contribution >= 4 is 0 Å². The van der Waals surface area contributed by atoms with Crippen LogP contribution in [0.15, 0.2) is 0 Å². The topological polar surface area (TPSA) is 21.3 Å². The molecule has 0 aromatic rings. The summed E-state index contributed by atoms with van der Waals surface area (Å²) < 4.78 is 5.89. The number of ether oxygens (including phenoxy) is 1. The summed E-state index contributed by atoms with van der Waals surface area (Å²) in [6, 6.07) is 0.739. The molecule has 0 spiro atoms. The van der Waals surface area contributed by atoms with Crippen LogP contribution in [0.1, 0.15) is 46.5 Å². The van der Waals surface area contributed by atoms with Crippen molar-refractivity contribution < 1.29 is 4.74 Å². The third kappa shape index (κ3) is 3.25. The lowest BCUT2D eigenvalue weighted by molar-refractivity contribution is -0.102. The summed E-state index contributed by atoms with van der Waals surface area (Å²) in [6.07, 6.45) is 5.82. The maximum atomic E-state index is 5.89. The van der Waals surface area contributed by atoms with Crippen molar-refractivity contribution in [2.24, 2.45) is 5.92 Å². The summed E-state index contributed by atoms with van der Waals surface area (Å²) >= 11 is 0. The summed E-state index contributed by atoms with van der Waals surface area (Å²) in [5.74, 6) is 0.998. The zero-order valence-electron chi connectivity index (χ0n) is 9.68. The molecule has 0 aliphatic heterocycles. The molecule has 0 aromatic carbocycles. The van der Waals surface area contributed by atoms with Crippen molar-refractivity contribution in [3.63, 3.8) is 0 Å². The van der Waals surface area contributed by atoms with E-state index in [0.29, 0.717) is 6.10 Å². The zero-order chi connectivity index (χ0) is 10.2. The molecule has 2 aliphatic rings. The SMILES string of the molecule is CC(C)(C)OC1CC(NCC2CC2)C1. The highest BCUT2D eigenvalue weighted by Crippen LogP contribution is 2.31. The third-order valence-electron chi connectivity index (χ3n) is 3.01. The lowest BCUT2D eigenvalue weighted by atomic mass is 9.88. The van der Waals surface area contributed by atoms with Gasteiger partial charge in [0.05, 0.1) is 11.7 Å². The molecule has 0 heterocycles. The second-order valence-electron chi connectivity index (χ2n) is 5.87. The van der Waals surface area contributed by atoms with Crippen LogP contribution in [0.3, 0.4) is 0 Å². The molecule has 0 bridgehead atoms. The van der Waals surface area contributed by atoms with Gasteiger partial charge >= 0.3 is 0 Å². The molecule has 82 valence electrons. The largest absolute Gasteiger partial charge is 0.373 e. The van der Waals surface area contributed by atoms with E-state index in [4.69, 9.17) is 4.74 Å². The van der Waals surface area contributed by atoms with Gasteiger partial charge in [0.1, 0.15) is 0 Å². The van der Waals surface area contributed by atoms with Crippen molar-refractivity contribution in [2.45, 2.75) is 64.2 Å². The van der Waals surface area contributed by atoms with Gasteiger partial charge in [0.25, 0.3) is 0 Å². The highest BCUT2D eigenvalue weighted by atomic mass is 16.5. The maximum Gasteiger partial charge on any atom is 0.0612 e. The normalized spacial score (nSPS) is 32.8. The molecule has 2 aliphatic carbocycles. The maximum absolute atomic E-state index is 5.89. The summed E-state index contributed by atoms with van der Waals surface area (Å²) in [5.41, 5.74) is 0.0339. The van der Waals surface area contributed by atoms with Crippen LogP contribution in [0, 0.1) is 5.92 Å². The quantitative estimate of drug-likeness (QED) is 0.747. The molecule has 0 unspecified atom stereocenters. The number of rotatable bonds is 4. The molecule has 0 radical (unpaired) electrons. The Hall–Kier alpha value is -0.0800. The Bertz CT molecular complexity index is 187. The zero-order valence-corrected chi connectivity index (χ0v) is 9.68. The van der Waals surface area contributed by atoms with E-state index in [0.717, 1.165) is 12.0 Å². The number of nitrogens with one attached hydrogen (secondary N) is 1. The summed E-state index contributed by atoms with van der Waals surface area (Å²) in [6.45, 7) is 7.65. The Morgan fingerprint density at radius 1 is 1.21 bits per heavy atom. The monoisotopic (exact) mass is 197 g/mol. The van der Waals surface area contributed by atoms with Gasteiger partial charge in [0.15, 0.2) is 0 Å². The second kappa shape index (κ2) is 3.82. The van der Waals surface area contributed by atoms with Crippen LogP contribution in [0.25, 0.3) is 0 Å². The first-order valence-electron chi connectivity index (χ1n) is 5.94. The Morgan fingerprint density at radius 3 is 2.36 bits per heavy atom. The van der Waals surface area contributed by atoms with E-state index in [2.05, 4.69) is 26.1 Å². The average molecular weight is 197 g/mol. The molecule has 2 fully saturated rings. The van der Waals surface area contributed by atoms with Crippen molar-refractivity contribution in [3.8, 4) is 0 Å². The molecule has 2 nitrogen and oxygen atoms in total. The van der Waals surface area contributed by atoms with Crippen LogP contribution in [-0.4, -0.2) is 24.3 Å². The second-order valence-corrected chi connectivity index (χ2v) is 5.87. The number of hydrogen-bond donors (Lipinski definition) is 1. The van der Waals surface area contributed by atoms with Crippen LogP contribution in [0.5, 0.6) is 0 Å². The van der Waals surface area contributed by atoms with E-state index in [1.807, 2.05) is 0 Å². The molecule has 0 amide bonds. The summed E-state index contributed by atoms with van der Waals surface area (Å²) in [7, 11) is 0. The first-order chi connectivity index (χ1) is 6.53. The van der Waals surface area contributed by atoms with Gasteiger partial charge in [0, 0.05) is 6.04 Å². The van der Waals surface area contributed by atoms with E-state index < -0.39 is 0 Å². The predicted molar refractivity (Wildman–Crippen MR) is 58.4 cm³/mol. The van der Waals surface area contributed by atoms with Crippen LogP contribution >= 0.6 is 0 Å². The summed E-state index contributed by atoms with van der Waals surface area (Å²) in [4.78, 5) is 0. The minimum absolute atomic E-state index is 0.0339. The van der Waals surface area contributed by atoms with E-state index >= 15 is 0 Å². The van der Waals surface area contributed by atoms with Gasteiger partial charge in [0.2, 0.25) is 0 Å². The molecular weight excluding hydrogens is 174 g/mol. The minimum Gasteiger partial charge on any atom is -0.373 e. The molecular formula is C12H23NO. The first kappa shape index (κ1) is 10.4. The van der Waals surface area contributed by atoms with Gasteiger partial charge in [-0.3, -0.25) is 0 Å².